The molecule has 2 aliphatic rings. The number of aliphatic hydroxyl groups excluding tert-OH is 1. The Kier molecular flexibility index (Phi) is 7.25. The predicted octanol–water partition coefficient (Wildman–Crippen LogP) is 5.37. The van der Waals surface area contributed by atoms with E-state index in [9.17, 15) is 14.3 Å². The van der Waals surface area contributed by atoms with Gasteiger partial charge in [0.25, 0.3) is 0 Å². The number of rotatable bonds is 7. The van der Waals surface area contributed by atoms with Crippen molar-refractivity contribution >= 4 is 29.2 Å². The highest BCUT2D eigenvalue weighted by atomic mass is 35.5. The van der Waals surface area contributed by atoms with Gasteiger partial charge in [0.15, 0.2) is 0 Å². The SMILES string of the molecule is COC(=O)c1cc(C2CC2)c(O[C@@H]2CCCN([C@@H](CO)c3cc(Cl)cc(Cl)c3)C2)cc1F. The maximum atomic E-state index is 14.6. The number of hydrogen-bond acceptors (Lipinski definition) is 5. The number of likely N-dealkylation sites (tertiary alicyclic amines) is 1. The molecule has 0 amide bonds. The summed E-state index contributed by atoms with van der Waals surface area (Å²) in [6, 6.07) is 7.89. The van der Waals surface area contributed by atoms with Crippen LogP contribution in [0.4, 0.5) is 4.39 Å². The van der Waals surface area contributed by atoms with E-state index in [1.807, 2.05) is 12.1 Å². The predicted molar refractivity (Wildman–Crippen MR) is 121 cm³/mol. The maximum Gasteiger partial charge on any atom is 0.340 e. The first kappa shape index (κ1) is 23.3. The standard InChI is InChI=1S/C24H26Cl2FNO4/c1-31-24(30)20-10-19(14-4-5-14)23(11-21(20)27)32-18-3-2-6-28(12-18)22(13-29)15-7-16(25)9-17(26)8-15/h7-11,14,18,22,29H,2-6,12-13H2,1H3/t18-,22+/m1/s1. The number of benzene rings is 2. The van der Waals surface area contributed by atoms with E-state index in [-0.39, 0.29) is 30.2 Å². The zero-order valence-corrected chi connectivity index (χ0v) is 19.3. The highest BCUT2D eigenvalue weighted by Crippen LogP contribution is 2.45. The number of esters is 1. The van der Waals surface area contributed by atoms with Gasteiger partial charge in [-0.2, -0.15) is 0 Å². The minimum atomic E-state index is -0.689. The van der Waals surface area contributed by atoms with Gasteiger partial charge >= 0.3 is 5.97 Å². The van der Waals surface area contributed by atoms with E-state index >= 15 is 0 Å². The average molecular weight is 482 g/mol. The second-order valence-corrected chi connectivity index (χ2v) is 9.29. The van der Waals surface area contributed by atoms with Crippen LogP contribution in [0, 0.1) is 5.82 Å². The minimum absolute atomic E-state index is 0.0646. The summed E-state index contributed by atoms with van der Waals surface area (Å²) >= 11 is 12.3. The molecule has 2 fully saturated rings. The Balaban J connectivity index is 1.54. The summed E-state index contributed by atoms with van der Waals surface area (Å²) in [6.45, 7) is 1.28. The normalized spacial score (nSPS) is 20.1. The molecule has 8 heteroatoms. The fourth-order valence-electron chi connectivity index (χ4n) is 4.38. The van der Waals surface area contributed by atoms with Crippen LogP contribution in [0.2, 0.25) is 10.0 Å². The monoisotopic (exact) mass is 481 g/mol. The number of halogens is 3. The number of nitrogens with zero attached hydrogens (tertiary/aromatic N) is 1. The molecule has 4 rings (SSSR count). The largest absolute Gasteiger partial charge is 0.489 e. The molecule has 32 heavy (non-hydrogen) atoms. The van der Waals surface area contributed by atoms with Crippen LogP contribution in [0.25, 0.3) is 0 Å². The number of carbonyl (C=O) groups excluding carboxylic acids is 1. The van der Waals surface area contributed by atoms with Gasteiger partial charge in [-0.05, 0) is 73.5 Å². The van der Waals surface area contributed by atoms with Gasteiger partial charge in [0, 0.05) is 22.7 Å². The highest BCUT2D eigenvalue weighted by molar-refractivity contribution is 6.34. The van der Waals surface area contributed by atoms with Gasteiger partial charge in [0.2, 0.25) is 0 Å². The summed E-state index contributed by atoms with van der Waals surface area (Å²) in [7, 11) is 1.24. The molecule has 172 valence electrons. The Labute approximate surface area is 197 Å². The molecule has 5 nitrogen and oxygen atoms in total. The van der Waals surface area contributed by atoms with Crippen LogP contribution in [0.3, 0.4) is 0 Å². The van der Waals surface area contributed by atoms with Crippen molar-refractivity contribution in [3.8, 4) is 5.75 Å². The molecule has 1 saturated carbocycles. The molecule has 0 aromatic heterocycles. The van der Waals surface area contributed by atoms with Crippen LogP contribution < -0.4 is 4.74 Å². The molecule has 2 aromatic rings. The van der Waals surface area contributed by atoms with Crippen molar-refractivity contribution in [3.05, 3.63) is 62.9 Å². The molecule has 2 atom stereocenters. The van der Waals surface area contributed by atoms with E-state index in [4.69, 9.17) is 32.7 Å². The average Bonchev–Trinajstić information content (AvgIpc) is 3.59. The quantitative estimate of drug-likeness (QED) is 0.538. The second kappa shape index (κ2) is 9.96. The van der Waals surface area contributed by atoms with Gasteiger partial charge in [-0.3, -0.25) is 4.90 Å². The molecular weight excluding hydrogens is 456 g/mol. The molecule has 1 aliphatic carbocycles. The lowest BCUT2D eigenvalue weighted by atomic mass is 10.0. The number of piperidine rings is 1. The lowest BCUT2D eigenvalue weighted by molar-refractivity contribution is 0.0393. The van der Waals surface area contributed by atoms with Crippen molar-refractivity contribution in [1.29, 1.82) is 0 Å². The van der Waals surface area contributed by atoms with E-state index < -0.39 is 11.8 Å². The Morgan fingerprint density at radius 3 is 2.53 bits per heavy atom. The van der Waals surface area contributed by atoms with E-state index in [1.165, 1.54) is 13.2 Å². The van der Waals surface area contributed by atoms with Gasteiger partial charge in [-0.25, -0.2) is 9.18 Å². The number of ether oxygens (including phenoxy) is 2. The molecule has 0 spiro atoms. The molecule has 0 bridgehead atoms. The maximum absolute atomic E-state index is 14.6. The summed E-state index contributed by atoms with van der Waals surface area (Å²) in [5.41, 5.74) is 1.63. The van der Waals surface area contributed by atoms with Crippen LogP contribution >= 0.6 is 23.2 Å². The van der Waals surface area contributed by atoms with Crippen LogP contribution in [0.1, 0.15) is 59.1 Å². The first-order valence-corrected chi connectivity index (χ1v) is 11.5. The number of hydrogen-bond donors (Lipinski definition) is 1. The fourth-order valence-corrected chi connectivity index (χ4v) is 4.92. The lowest BCUT2D eigenvalue weighted by Crippen LogP contribution is -2.44. The van der Waals surface area contributed by atoms with Crippen molar-refractivity contribution in [2.45, 2.75) is 43.7 Å². The zero-order chi connectivity index (χ0) is 22.8. The van der Waals surface area contributed by atoms with E-state index in [0.29, 0.717) is 22.3 Å². The molecule has 1 saturated heterocycles. The summed E-state index contributed by atoms with van der Waals surface area (Å²) < 4.78 is 25.6. The minimum Gasteiger partial charge on any atom is -0.489 e. The Morgan fingerprint density at radius 1 is 1.19 bits per heavy atom. The van der Waals surface area contributed by atoms with Gasteiger partial charge in [0.05, 0.1) is 25.3 Å². The topological polar surface area (TPSA) is 59.0 Å². The number of aliphatic hydroxyl groups is 1. The van der Waals surface area contributed by atoms with Gasteiger partial charge < -0.3 is 14.6 Å². The van der Waals surface area contributed by atoms with Crippen molar-refractivity contribution in [2.75, 3.05) is 26.8 Å². The van der Waals surface area contributed by atoms with Crippen LogP contribution in [0.15, 0.2) is 30.3 Å². The van der Waals surface area contributed by atoms with Gasteiger partial charge in [-0.15, -0.1) is 0 Å². The number of carbonyl (C=O) groups is 1. The summed E-state index contributed by atoms with van der Waals surface area (Å²) in [5.74, 6) is -0.583. The molecular formula is C24H26Cl2FNO4. The summed E-state index contributed by atoms with van der Waals surface area (Å²) in [4.78, 5) is 14.1. The smallest absolute Gasteiger partial charge is 0.340 e. The van der Waals surface area contributed by atoms with Crippen molar-refractivity contribution in [2.24, 2.45) is 0 Å². The molecule has 1 heterocycles. The molecule has 2 aromatic carbocycles. The second-order valence-electron chi connectivity index (χ2n) is 8.41. The van der Waals surface area contributed by atoms with Crippen molar-refractivity contribution < 1.29 is 23.8 Å². The third-order valence-electron chi connectivity index (χ3n) is 6.11. The molecule has 1 N–H and O–H groups in total. The van der Waals surface area contributed by atoms with Crippen molar-refractivity contribution in [1.82, 2.24) is 4.90 Å². The summed E-state index contributed by atoms with van der Waals surface area (Å²) in [6.07, 6.45) is 3.49. The third kappa shape index (κ3) is 5.20. The lowest BCUT2D eigenvalue weighted by Gasteiger charge is -2.38. The van der Waals surface area contributed by atoms with Crippen molar-refractivity contribution in [3.63, 3.8) is 0 Å². The van der Waals surface area contributed by atoms with E-state index in [0.717, 1.165) is 43.4 Å². The van der Waals surface area contributed by atoms with Crippen LogP contribution in [-0.4, -0.2) is 48.9 Å². The van der Waals surface area contributed by atoms with E-state index in [2.05, 4.69) is 4.90 Å². The molecule has 1 aliphatic heterocycles. The zero-order valence-electron chi connectivity index (χ0n) is 17.8. The Hall–Kier alpha value is -1.86. The Bertz CT molecular complexity index is 978. The first-order valence-electron chi connectivity index (χ1n) is 10.8. The van der Waals surface area contributed by atoms with Gasteiger partial charge in [0.1, 0.15) is 17.7 Å². The molecule has 0 radical (unpaired) electrons. The van der Waals surface area contributed by atoms with Gasteiger partial charge in [-0.1, -0.05) is 23.2 Å². The van der Waals surface area contributed by atoms with Crippen LogP contribution in [0.5, 0.6) is 5.75 Å². The summed E-state index contributed by atoms with van der Waals surface area (Å²) in [5, 5.41) is 11.1. The third-order valence-corrected chi connectivity index (χ3v) is 6.54. The highest BCUT2D eigenvalue weighted by Gasteiger charge is 2.32. The van der Waals surface area contributed by atoms with E-state index in [1.54, 1.807) is 12.1 Å². The fraction of sp³-hybridized carbons (Fsp3) is 0.458. The van der Waals surface area contributed by atoms with Crippen LogP contribution in [-0.2, 0) is 4.74 Å². The number of methoxy groups -OCH3 is 1. The first-order chi connectivity index (χ1) is 15.4. The molecule has 0 unspecified atom stereocenters. The Morgan fingerprint density at radius 2 is 1.91 bits per heavy atom.